The molecule has 0 amide bonds. The number of thiocarbonyl (C=S) groups is 1. The molecule has 2 aliphatic heterocycles. The lowest BCUT2D eigenvalue weighted by atomic mass is 9.83. The van der Waals surface area contributed by atoms with E-state index in [2.05, 4.69) is 76.0 Å². The normalized spacial score (nSPS) is 24.5. The highest BCUT2D eigenvalue weighted by molar-refractivity contribution is 7.80. The Morgan fingerprint density at radius 3 is 2.30 bits per heavy atom. The quantitative estimate of drug-likeness (QED) is 0.253. The second-order valence-electron chi connectivity index (χ2n) is 11.2. The van der Waals surface area contributed by atoms with E-state index in [1.54, 1.807) is 0 Å². The number of hydrogen-bond donors (Lipinski definition) is 0. The van der Waals surface area contributed by atoms with Gasteiger partial charge in [0.1, 0.15) is 5.75 Å². The number of rotatable bonds is 6. The number of carbonyl (C=O) groups excluding carboxylic acids is 1. The molecular formula is C28H37NO2SSi. The molecule has 4 rings (SSSR count). The van der Waals surface area contributed by atoms with Gasteiger partial charge in [0.05, 0.1) is 6.04 Å². The van der Waals surface area contributed by atoms with Crippen LogP contribution >= 0.6 is 12.2 Å². The molecule has 0 spiro atoms. The van der Waals surface area contributed by atoms with Gasteiger partial charge in [-0.05, 0) is 74.1 Å². The van der Waals surface area contributed by atoms with E-state index in [0.29, 0.717) is 12.0 Å². The Labute approximate surface area is 205 Å². The Morgan fingerprint density at radius 2 is 1.70 bits per heavy atom. The summed E-state index contributed by atoms with van der Waals surface area (Å²) in [5.74, 6) is 1.35. The first-order chi connectivity index (χ1) is 15.5. The standard InChI is InChI=1S/C28H37NO2SSi/c1-19(26(30)21-12-15-23(16-13-21)31-33(5,6)28(2,3)4)29-22-14-17-25(29)27(32)24(18-22)20-10-8-7-9-11-20/h7-13,15-16,19,22,24-25H,14,17-18H2,1-6H3. The fourth-order valence-corrected chi connectivity index (χ4v) is 6.64. The van der Waals surface area contributed by atoms with Crippen LogP contribution in [0.3, 0.4) is 0 Å². The monoisotopic (exact) mass is 479 g/mol. The molecule has 3 nitrogen and oxygen atoms in total. The highest BCUT2D eigenvalue weighted by Crippen LogP contribution is 2.43. The van der Waals surface area contributed by atoms with Gasteiger partial charge in [0.15, 0.2) is 5.78 Å². The van der Waals surface area contributed by atoms with Crippen molar-refractivity contribution in [3.63, 3.8) is 0 Å². The first kappa shape index (κ1) is 24.3. The molecule has 2 aromatic rings. The maximum Gasteiger partial charge on any atom is 0.250 e. The molecule has 2 aliphatic rings. The minimum atomic E-state index is -1.90. The van der Waals surface area contributed by atoms with Crippen molar-refractivity contribution in [2.24, 2.45) is 0 Å². The van der Waals surface area contributed by atoms with Crippen LogP contribution in [0.4, 0.5) is 0 Å². The van der Waals surface area contributed by atoms with Crippen LogP contribution in [0.2, 0.25) is 18.1 Å². The molecule has 2 saturated heterocycles. The number of carbonyl (C=O) groups is 1. The number of piperidine rings is 1. The van der Waals surface area contributed by atoms with Crippen LogP contribution in [0.5, 0.6) is 5.75 Å². The van der Waals surface area contributed by atoms with Gasteiger partial charge in [-0.15, -0.1) is 0 Å². The number of Topliss-reactive ketones (excluding diaryl/α,β-unsaturated/α-hetero) is 1. The number of nitrogens with zero attached hydrogens (tertiary/aromatic N) is 1. The Morgan fingerprint density at radius 1 is 1.06 bits per heavy atom. The summed E-state index contributed by atoms with van der Waals surface area (Å²) in [4.78, 5) is 17.0. The third-order valence-electron chi connectivity index (χ3n) is 8.08. The van der Waals surface area contributed by atoms with Crippen molar-refractivity contribution in [3.8, 4) is 5.75 Å². The topological polar surface area (TPSA) is 29.5 Å². The minimum absolute atomic E-state index is 0.138. The molecule has 176 valence electrons. The van der Waals surface area contributed by atoms with E-state index < -0.39 is 8.32 Å². The van der Waals surface area contributed by atoms with Crippen molar-refractivity contribution in [1.82, 2.24) is 4.90 Å². The SMILES string of the molecule is CC(C(=O)c1ccc(O[Si](C)(C)C(C)(C)C)cc1)N1C2CCC1C(=S)C(c1ccccc1)C2. The van der Waals surface area contributed by atoms with Crippen molar-refractivity contribution in [3.05, 3.63) is 65.7 Å². The highest BCUT2D eigenvalue weighted by atomic mass is 32.1. The van der Waals surface area contributed by atoms with Crippen LogP contribution in [-0.2, 0) is 0 Å². The van der Waals surface area contributed by atoms with Crippen molar-refractivity contribution in [1.29, 1.82) is 0 Å². The summed E-state index contributed by atoms with van der Waals surface area (Å²) >= 11 is 5.99. The summed E-state index contributed by atoms with van der Waals surface area (Å²) in [6.45, 7) is 13.2. The summed E-state index contributed by atoms with van der Waals surface area (Å²) in [5.41, 5.74) is 2.07. The average Bonchev–Trinajstić information content (AvgIpc) is 3.12. The number of hydrogen-bond acceptors (Lipinski definition) is 4. The molecule has 2 aromatic carbocycles. The van der Waals surface area contributed by atoms with E-state index in [4.69, 9.17) is 16.6 Å². The number of benzene rings is 2. The fourth-order valence-electron chi connectivity index (χ4n) is 5.14. The maximum atomic E-state index is 13.5. The van der Waals surface area contributed by atoms with Crippen LogP contribution in [-0.4, -0.2) is 42.0 Å². The van der Waals surface area contributed by atoms with E-state index in [1.807, 2.05) is 24.3 Å². The second-order valence-corrected chi connectivity index (χ2v) is 16.4. The molecule has 0 aromatic heterocycles. The Hall–Kier alpha value is -1.82. The lowest BCUT2D eigenvalue weighted by Gasteiger charge is -2.42. The zero-order valence-electron chi connectivity index (χ0n) is 20.8. The van der Waals surface area contributed by atoms with Crippen LogP contribution in [0, 0.1) is 0 Å². The molecule has 0 radical (unpaired) electrons. The molecule has 4 unspecified atom stereocenters. The van der Waals surface area contributed by atoms with Crippen LogP contribution < -0.4 is 4.43 Å². The third kappa shape index (κ3) is 4.73. The van der Waals surface area contributed by atoms with Crippen molar-refractivity contribution in [2.45, 2.75) is 89.1 Å². The summed E-state index contributed by atoms with van der Waals surface area (Å²) in [6.07, 6.45) is 3.19. The number of ketones is 1. The summed E-state index contributed by atoms with van der Waals surface area (Å²) < 4.78 is 6.39. The molecule has 33 heavy (non-hydrogen) atoms. The predicted octanol–water partition coefficient (Wildman–Crippen LogP) is 7.03. The summed E-state index contributed by atoms with van der Waals surface area (Å²) in [6, 6.07) is 18.8. The molecule has 0 N–H and O–H groups in total. The molecule has 5 heteroatoms. The van der Waals surface area contributed by atoms with Gasteiger partial charge in [-0.1, -0.05) is 63.3 Å². The first-order valence-corrected chi connectivity index (χ1v) is 15.5. The van der Waals surface area contributed by atoms with Gasteiger partial charge in [0.2, 0.25) is 8.32 Å². The molecule has 0 saturated carbocycles. The average molecular weight is 480 g/mol. The molecule has 2 heterocycles. The minimum Gasteiger partial charge on any atom is -0.544 e. The largest absolute Gasteiger partial charge is 0.544 e. The zero-order chi connectivity index (χ0) is 24.0. The van der Waals surface area contributed by atoms with Gasteiger partial charge in [-0.2, -0.15) is 0 Å². The summed E-state index contributed by atoms with van der Waals surface area (Å²) in [5, 5.41) is 0.138. The maximum absolute atomic E-state index is 13.5. The van der Waals surface area contributed by atoms with Crippen LogP contribution in [0.1, 0.15) is 68.8 Å². The first-order valence-electron chi connectivity index (χ1n) is 12.2. The molecule has 2 fully saturated rings. The fraction of sp³-hybridized carbons (Fsp3) is 0.500. The van der Waals surface area contributed by atoms with Gasteiger partial charge in [0.25, 0.3) is 0 Å². The lowest BCUT2D eigenvalue weighted by Crippen LogP contribution is -2.54. The molecule has 4 atom stereocenters. The Kier molecular flexibility index (Phi) is 6.69. The highest BCUT2D eigenvalue weighted by Gasteiger charge is 2.47. The van der Waals surface area contributed by atoms with E-state index in [0.717, 1.165) is 35.4 Å². The zero-order valence-corrected chi connectivity index (χ0v) is 22.6. The molecular weight excluding hydrogens is 442 g/mol. The van der Waals surface area contributed by atoms with E-state index >= 15 is 0 Å². The molecule has 0 aliphatic carbocycles. The second kappa shape index (κ2) is 9.08. The lowest BCUT2D eigenvalue weighted by molar-refractivity contribution is 0.0760. The molecule has 2 bridgehead atoms. The van der Waals surface area contributed by atoms with Gasteiger partial charge in [-0.25, -0.2) is 0 Å². The predicted molar refractivity (Wildman–Crippen MR) is 143 cm³/mol. The van der Waals surface area contributed by atoms with Crippen molar-refractivity contribution in [2.75, 3.05) is 0 Å². The summed E-state index contributed by atoms with van der Waals surface area (Å²) in [7, 11) is -1.90. The Bertz CT molecular complexity index is 1010. The smallest absolute Gasteiger partial charge is 0.250 e. The van der Waals surface area contributed by atoms with Crippen LogP contribution in [0.15, 0.2) is 54.6 Å². The van der Waals surface area contributed by atoms with Crippen molar-refractivity contribution < 1.29 is 9.22 Å². The van der Waals surface area contributed by atoms with Gasteiger partial charge < -0.3 is 4.43 Å². The van der Waals surface area contributed by atoms with Crippen LogP contribution in [0.25, 0.3) is 0 Å². The van der Waals surface area contributed by atoms with Gasteiger partial charge >= 0.3 is 0 Å². The van der Waals surface area contributed by atoms with E-state index in [1.165, 1.54) is 5.56 Å². The van der Waals surface area contributed by atoms with E-state index in [9.17, 15) is 4.79 Å². The van der Waals surface area contributed by atoms with Crippen molar-refractivity contribution >= 4 is 31.2 Å². The van der Waals surface area contributed by atoms with Gasteiger partial charge in [-0.3, -0.25) is 9.69 Å². The van der Waals surface area contributed by atoms with E-state index in [-0.39, 0.29) is 22.9 Å². The Balaban J connectivity index is 1.47. The third-order valence-corrected chi connectivity index (χ3v) is 13.0. The number of fused-ring (bicyclic) bond motifs is 2. The van der Waals surface area contributed by atoms with Gasteiger partial charge in [0, 0.05) is 28.4 Å².